The number of nitrogens with zero attached hydrogens (tertiary/aromatic N) is 1. The molecule has 1 fully saturated rings. The zero-order valence-corrected chi connectivity index (χ0v) is 14.9. The number of piperidine rings is 1. The molecule has 0 radical (unpaired) electrons. The Hall–Kier alpha value is -3.15. The highest BCUT2D eigenvalue weighted by molar-refractivity contribution is 5.98. The molecule has 6 nitrogen and oxygen atoms in total. The van der Waals surface area contributed by atoms with Gasteiger partial charge in [-0.1, -0.05) is 48.5 Å². The molecule has 2 N–H and O–H groups in total. The van der Waals surface area contributed by atoms with E-state index in [1.54, 1.807) is 53.4 Å². The van der Waals surface area contributed by atoms with Gasteiger partial charge in [0.1, 0.15) is 6.04 Å². The Morgan fingerprint density at radius 3 is 2.26 bits per heavy atom. The van der Waals surface area contributed by atoms with Gasteiger partial charge in [-0.05, 0) is 30.5 Å². The smallest absolute Gasteiger partial charge is 0.308 e. The van der Waals surface area contributed by atoms with Gasteiger partial charge in [0.25, 0.3) is 5.91 Å². The Labute approximate surface area is 157 Å². The van der Waals surface area contributed by atoms with Crippen molar-refractivity contribution in [2.45, 2.75) is 18.9 Å². The first-order chi connectivity index (χ1) is 13.1. The maximum absolute atomic E-state index is 13.2. The molecule has 2 aromatic rings. The Bertz CT molecular complexity index is 807. The molecule has 0 saturated carbocycles. The molecule has 27 heavy (non-hydrogen) atoms. The van der Waals surface area contributed by atoms with Crippen LogP contribution in [0.2, 0.25) is 0 Å². The molecule has 0 aromatic heterocycles. The molecule has 0 bridgehead atoms. The van der Waals surface area contributed by atoms with Gasteiger partial charge in [0.05, 0.1) is 5.92 Å². The summed E-state index contributed by atoms with van der Waals surface area (Å²) in [5.74, 6) is -2.08. The van der Waals surface area contributed by atoms with E-state index in [0.29, 0.717) is 30.5 Å². The van der Waals surface area contributed by atoms with Crippen molar-refractivity contribution >= 4 is 17.8 Å². The van der Waals surface area contributed by atoms with E-state index < -0.39 is 17.9 Å². The van der Waals surface area contributed by atoms with Gasteiger partial charge < -0.3 is 15.3 Å². The molecule has 0 aliphatic carbocycles. The number of nitrogens with one attached hydrogen (secondary N) is 1. The van der Waals surface area contributed by atoms with Crippen molar-refractivity contribution in [2.75, 3.05) is 13.1 Å². The molecule has 1 aliphatic heterocycles. The molecule has 140 valence electrons. The predicted molar refractivity (Wildman–Crippen MR) is 100 cm³/mol. The predicted octanol–water partition coefficient (Wildman–Crippen LogP) is 2.48. The van der Waals surface area contributed by atoms with Crippen LogP contribution in [-0.4, -0.2) is 40.9 Å². The third-order valence-electron chi connectivity index (χ3n) is 4.77. The maximum atomic E-state index is 13.2. The number of likely N-dealkylation sites (tertiary alicyclic amines) is 1. The molecule has 1 aliphatic rings. The van der Waals surface area contributed by atoms with Crippen molar-refractivity contribution in [1.82, 2.24) is 10.2 Å². The minimum atomic E-state index is -0.892. The monoisotopic (exact) mass is 366 g/mol. The van der Waals surface area contributed by atoms with Gasteiger partial charge in [0, 0.05) is 18.7 Å². The lowest BCUT2D eigenvalue weighted by atomic mass is 9.96. The summed E-state index contributed by atoms with van der Waals surface area (Å²) in [5.41, 5.74) is 1.14. The van der Waals surface area contributed by atoms with Crippen molar-refractivity contribution in [3.8, 4) is 0 Å². The molecule has 1 unspecified atom stereocenters. The molecular weight excluding hydrogens is 344 g/mol. The van der Waals surface area contributed by atoms with Crippen LogP contribution in [0.25, 0.3) is 0 Å². The van der Waals surface area contributed by atoms with Gasteiger partial charge in [0.2, 0.25) is 5.91 Å². The second kappa shape index (κ2) is 8.49. The third-order valence-corrected chi connectivity index (χ3v) is 4.77. The van der Waals surface area contributed by atoms with Crippen LogP contribution in [0.3, 0.4) is 0 Å². The standard InChI is InChI=1S/C21H22N2O4/c24-19(16-10-5-2-6-11-16)22-18(15-8-3-1-4-9-15)20(25)23-13-7-12-17(14-23)21(26)27/h1-6,8-11,17-18H,7,12-14H2,(H,22,24)(H,26,27)/t17-,18?/m0/s1. The number of hydrogen-bond donors (Lipinski definition) is 2. The summed E-state index contributed by atoms with van der Waals surface area (Å²) in [6.07, 6.45) is 1.20. The normalized spacial score (nSPS) is 17.8. The fourth-order valence-electron chi connectivity index (χ4n) is 3.30. The van der Waals surface area contributed by atoms with E-state index in [2.05, 4.69) is 5.32 Å². The summed E-state index contributed by atoms with van der Waals surface area (Å²) in [4.78, 5) is 38.6. The average Bonchev–Trinajstić information content (AvgIpc) is 2.72. The van der Waals surface area contributed by atoms with Crippen molar-refractivity contribution in [2.24, 2.45) is 5.92 Å². The van der Waals surface area contributed by atoms with E-state index in [4.69, 9.17) is 0 Å². The van der Waals surface area contributed by atoms with Crippen LogP contribution in [0, 0.1) is 5.92 Å². The second-order valence-electron chi connectivity index (χ2n) is 6.64. The summed E-state index contributed by atoms with van der Waals surface area (Å²) in [7, 11) is 0. The highest BCUT2D eigenvalue weighted by atomic mass is 16.4. The van der Waals surface area contributed by atoms with Crippen molar-refractivity contribution in [3.05, 3.63) is 71.8 Å². The van der Waals surface area contributed by atoms with Gasteiger partial charge in [-0.25, -0.2) is 0 Å². The van der Waals surface area contributed by atoms with Crippen LogP contribution in [0.5, 0.6) is 0 Å². The molecule has 2 aromatic carbocycles. The van der Waals surface area contributed by atoms with Crippen LogP contribution in [0.1, 0.15) is 34.8 Å². The Balaban J connectivity index is 1.83. The number of rotatable bonds is 5. The highest BCUT2D eigenvalue weighted by Gasteiger charge is 2.33. The summed E-state index contributed by atoms with van der Waals surface area (Å²) < 4.78 is 0. The van der Waals surface area contributed by atoms with E-state index >= 15 is 0 Å². The Morgan fingerprint density at radius 1 is 1.00 bits per heavy atom. The number of amides is 2. The number of carbonyl (C=O) groups is 3. The Morgan fingerprint density at radius 2 is 1.63 bits per heavy atom. The van der Waals surface area contributed by atoms with E-state index in [0.717, 1.165) is 0 Å². The third kappa shape index (κ3) is 4.53. The number of aliphatic carboxylic acids is 1. The lowest BCUT2D eigenvalue weighted by Crippen LogP contribution is -2.48. The average molecular weight is 366 g/mol. The molecule has 1 saturated heterocycles. The number of carboxylic acid groups (broad SMARTS) is 1. The van der Waals surface area contributed by atoms with Gasteiger partial charge in [-0.15, -0.1) is 0 Å². The first-order valence-corrected chi connectivity index (χ1v) is 8.98. The second-order valence-corrected chi connectivity index (χ2v) is 6.64. The summed E-state index contributed by atoms with van der Waals surface area (Å²) in [6, 6.07) is 16.9. The lowest BCUT2D eigenvalue weighted by molar-refractivity contribution is -0.146. The van der Waals surface area contributed by atoms with E-state index in [9.17, 15) is 19.5 Å². The van der Waals surface area contributed by atoms with E-state index in [1.807, 2.05) is 12.1 Å². The summed E-state index contributed by atoms with van der Waals surface area (Å²) in [5, 5.41) is 12.1. The van der Waals surface area contributed by atoms with Crippen molar-refractivity contribution in [3.63, 3.8) is 0 Å². The number of carbonyl (C=O) groups excluding carboxylic acids is 2. The highest BCUT2D eigenvalue weighted by Crippen LogP contribution is 2.22. The number of hydrogen-bond acceptors (Lipinski definition) is 3. The quantitative estimate of drug-likeness (QED) is 0.851. The van der Waals surface area contributed by atoms with Crippen molar-refractivity contribution < 1.29 is 19.5 Å². The van der Waals surface area contributed by atoms with Crippen molar-refractivity contribution in [1.29, 1.82) is 0 Å². The molecule has 2 atom stereocenters. The van der Waals surface area contributed by atoms with Gasteiger partial charge in [-0.3, -0.25) is 14.4 Å². The van der Waals surface area contributed by atoms with Crippen LogP contribution < -0.4 is 5.32 Å². The minimum Gasteiger partial charge on any atom is -0.481 e. The number of carboxylic acids is 1. The summed E-state index contributed by atoms with van der Waals surface area (Å²) >= 11 is 0. The van der Waals surface area contributed by atoms with E-state index in [-0.39, 0.29) is 18.4 Å². The lowest BCUT2D eigenvalue weighted by Gasteiger charge is -2.33. The molecule has 6 heteroatoms. The summed E-state index contributed by atoms with van der Waals surface area (Å²) in [6.45, 7) is 0.659. The van der Waals surface area contributed by atoms with Crippen LogP contribution in [-0.2, 0) is 9.59 Å². The fourth-order valence-corrected chi connectivity index (χ4v) is 3.30. The SMILES string of the molecule is O=C(NC(C(=O)N1CCC[C@H](C(=O)O)C1)c1ccccc1)c1ccccc1. The number of benzene rings is 2. The van der Waals surface area contributed by atoms with Crippen LogP contribution in [0.4, 0.5) is 0 Å². The first-order valence-electron chi connectivity index (χ1n) is 8.98. The molecule has 1 heterocycles. The fraction of sp³-hybridized carbons (Fsp3) is 0.286. The van der Waals surface area contributed by atoms with Crippen LogP contribution in [0.15, 0.2) is 60.7 Å². The first kappa shape index (κ1) is 18.6. The largest absolute Gasteiger partial charge is 0.481 e. The topological polar surface area (TPSA) is 86.7 Å². The zero-order chi connectivity index (χ0) is 19.2. The minimum absolute atomic E-state index is 0.165. The van der Waals surface area contributed by atoms with Gasteiger partial charge in [-0.2, -0.15) is 0 Å². The molecule has 2 amide bonds. The molecular formula is C21H22N2O4. The molecule has 3 rings (SSSR count). The maximum Gasteiger partial charge on any atom is 0.308 e. The zero-order valence-electron chi connectivity index (χ0n) is 14.9. The van der Waals surface area contributed by atoms with Gasteiger partial charge >= 0.3 is 5.97 Å². The Kier molecular flexibility index (Phi) is 5.86. The molecule has 0 spiro atoms. The van der Waals surface area contributed by atoms with Crippen LogP contribution >= 0.6 is 0 Å². The van der Waals surface area contributed by atoms with Gasteiger partial charge in [0.15, 0.2) is 0 Å². The van der Waals surface area contributed by atoms with E-state index in [1.165, 1.54) is 0 Å².